The Balaban J connectivity index is 1.38. The molecule has 0 saturated heterocycles. The van der Waals surface area contributed by atoms with E-state index in [0.29, 0.717) is 41.8 Å². The first kappa shape index (κ1) is 22.0. The zero-order valence-corrected chi connectivity index (χ0v) is 18.6. The largest absolute Gasteiger partial charge is 0.419 e. The monoisotopic (exact) mass is 452 g/mol. The van der Waals surface area contributed by atoms with E-state index in [1.165, 1.54) is 0 Å². The lowest BCUT2D eigenvalue weighted by molar-refractivity contribution is -0.132. The zero-order valence-electron chi connectivity index (χ0n) is 17.9. The van der Waals surface area contributed by atoms with Gasteiger partial charge in [0.15, 0.2) is 0 Å². The van der Waals surface area contributed by atoms with Gasteiger partial charge in [-0.25, -0.2) is 0 Å². The van der Waals surface area contributed by atoms with E-state index in [1.54, 1.807) is 11.0 Å². The van der Waals surface area contributed by atoms with Crippen LogP contribution in [-0.2, 0) is 22.6 Å². The third-order valence-electron chi connectivity index (χ3n) is 5.56. The second-order valence-corrected chi connectivity index (χ2v) is 8.29. The van der Waals surface area contributed by atoms with Crippen LogP contribution >= 0.6 is 11.6 Å². The van der Waals surface area contributed by atoms with Gasteiger partial charge < -0.3 is 14.6 Å². The van der Waals surface area contributed by atoms with Crippen LogP contribution < -0.4 is 5.32 Å². The predicted octanol–water partition coefficient (Wildman–Crippen LogP) is 4.72. The molecule has 2 heterocycles. The van der Waals surface area contributed by atoms with Crippen LogP contribution in [0.1, 0.15) is 37.6 Å². The Hall–Kier alpha value is -3.19. The molecule has 1 aliphatic heterocycles. The van der Waals surface area contributed by atoms with E-state index in [0.717, 1.165) is 17.7 Å². The summed E-state index contributed by atoms with van der Waals surface area (Å²) in [6, 6.07) is 15.0. The quantitative estimate of drug-likeness (QED) is 0.534. The van der Waals surface area contributed by atoms with Crippen LogP contribution in [0.3, 0.4) is 0 Å². The van der Waals surface area contributed by atoms with Gasteiger partial charge in [-0.05, 0) is 43.0 Å². The second-order valence-electron chi connectivity index (χ2n) is 7.88. The number of amides is 2. The molecule has 3 aromatic rings. The first-order valence-electron chi connectivity index (χ1n) is 10.8. The van der Waals surface area contributed by atoms with Gasteiger partial charge in [-0.15, -0.1) is 10.2 Å². The average molecular weight is 453 g/mol. The molecule has 1 unspecified atom stereocenters. The van der Waals surface area contributed by atoms with Gasteiger partial charge in [0.2, 0.25) is 23.6 Å². The third kappa shape index (κ3) is 4.99. The van der Waals surface area contributed by atoms with Crippen LogP contribution in [0.4, 0.5) is 5.69 Å². The number of halogens is 1. The number of nitrogens with one attached hydrogen (secondary N) is 1. The predicted molar refractivity (Wildman–Crippen MR) is 122 cm³/mol. The molecule has 8 heteroatoms. The molecule has 0 fully saturated rings. The standard InChI is InChI=1S/C24H25ClN4O3/c1-2-13-29(15-21-27-28-24(32-21)18-8-4-5-9-19(18)25)22(30)12-11-17-14-16-7-3-6-10-20(16)26-23(17)31/h3-10,17H,2,11-15H2,1H3,(H,26,31). The van der Waals surface area contributed by atoms with Gasteiger partial charge in [-0.3, -0.25) is 9.59 Å². The number of rotatable bonds is 8. The number of para-hydroxylation sites is 1. The van der Waals surface area contributed by atoms with Crippen molar-refractivity contribution < 1.29 is 14.0 Å². The fourth-order valence-electron chi connectivity index (χ4n) is 3.89. The average Bonchev–Trinajstić information content (AvgIpc) is 3.25. The summed E-state index contributed by atoms with van der Waals surface area (Å²) in [5.74, 6) is 0.404. The van der Waals surface area contributed by atoms with Gasteiger partial charge in [0.1, 0.15) is 0 Å². The highest BCUT2D eigenvalue weighted by Crippen LogP contribution is 2.28. The number of carbonyl (C=O) groups excluding carboxylic acids is 2. The van der Waals surface area contributed by atoms with Crippen LogP contribution in [0, 0.1) is 5.92 Å². The van der Waals surface area contributed by atoms with Crippen molar-refractivity contribution in [1.82, 2.24) is 15.1 Å². The van der Waals surface area contributed by atoms with E-state index in [4.69, 9.17) is 16.0 Å². The van der Waals surface area contributed by atoms with Crippen molar-refractivity contribution >= 4 is 29.1 Å². The number of hydrogen-bond acceptors (Lipinski definition) is 5. The molecule has 7 nitrogen and oxygen atoms in total. The van der Waals surface area contributed by atoms with Crippen molar-refractivity contribution in [2.75, 3.05) is 11.9 Å². The summed E-state index contributed by atoms with van der Waals surface area (Å²) < 4.78 is 5.76. The summed E-state index contributed by atoms with van der Waals surface area (Å²) in [6.45, 7) is 2.81. The van der Waals surface area contributed by atoms with Gasteiger partial charge in [0.05, 0.1) is 17.1 Å². The number of fused-ring (bicyclic) bond motifs is 1. The van der Waals surface area contributed by atoms with Crippen molar-refractivity contribution in [2.45, 2.75) is 39.2 Å². The van der Waals surface area contributed by atoms with Gasteiger partial charge in [0.25, 0.3) is 0 Å². The number of anilines is 1. The minimum absolute atomic E-state index is 0.0279. The van der Waals surface area contributed by atoms with Gasteiger partial charge in [0, 0.05) is 24.6 Å². The Kier molecular flexibility index (Phi) is 6.85. The fraction of sp³-hybridized carbons (Fsp3) is 0.333. The first-order chi connectivity index (χ1) is 15.5. The Bertz CT molecular complexity index is 1110. The molecular formula is C24H25ClN4O3. The van der Waals surface area contributed by atoms with Crippen LogP contribution in [0.25, 0.3) is 11.5 Å². The van der Waals surface area contributed by atoms with E-state index in [1.807, 2.05) is 49.4 Å². The van der Waals surface area contributed by atoms with Crippen LogP contribution in [0.15, 0.2) is 52.9 Å². The summed E-state index contributed by atoms with van der Waals surface area (Å²) in [5, 5.41) is 11.6. The molecule has 0 bridgehead atoms. The second kappa shape index (κ2) is 9.96. The number of aromatic nitrogens is 2. The molecule has 0 saturated carbocycles. The molecule has 0 aliphatic carbocycles. The smallest absolute Gasteiger partial charge is 0.249 e. The Morgan fingerprint density at radius 1 is 1.19 bits per heavy atom. The molecule has 0 spiro atoms. The lowest BCUT2D eigenvalue weighted by Crippen LogP contribution is -2.34. The number of carbonyl (C=O) groups is 2. The third-order valence-corrected chi connectivity index (χ3v) is 5.89. The Morgan fingerprint density at radius 2 is 1.97 bits per heavy atom. The molecule has 1 aliphatic rings. The Labute approximate surface area is 191 Å². The maximum atomic E-state index is 12.9. The van der Waals surface area contributed by atoms with Crippen LogP contribution in [0.5, 0.6) is 0 Å². The molecule has 0 radical (unpaired) electrons. The molecule has 1 aromatic heterocycles. The van der Waals surface area contributed by atoms with Gasteiger partial charge >= 0.3 is 0 Å². The number of hydrogen-bond donors (Lipinski definition) is 1. The topological polar surface area (TPSA) is 88.3 Å². The van der Waals surface area contributed by atoms with E-state index in [9.17, 15) is 9.59 Å². The first-order valence-corrected chi connectivity index (χ1v) is 11.2. The highest BCUT2D eigenvalue weighted by Gasteiger charge is 2.27. The Morgan fingerprint density at radius 3 is 2.78 bits per heavy atom. The summed E-state index contributed by atoms with van der Waals surface area (Å²) in [7, 11) is 0. The lowest BCUT2D eigenvalue weighted by atomic mass is 9.89. The maximum Gasteiger partial charge on any atom is 0.249 e. The van der Waals surface area contributed by atoms with E-state index < -0.39 is 0 Å². The van der Waals surface area contributed by atoms with E-state index >= 15 is 0 Å². The summed E-state index contributed by atoms with van der Waals surface area (Å²) in [5.41, 5.74) is 2.62. The molecule has 2 aromatic carbocycles. The van der Waals surface area contributed by atoms with Crippen molar-refractivity contribution in [1.29, 1.82) is 0 Å². The van der Waals surface area contributed by atoms with Crippen LogP contribution in [0.2, 0.25) is 5.02 Å². The lowest BCUT2D eigenvalue weighted by Gasteiger charge is -2.26. The van der Waals surface area contributed by atoms with Gasteiger partial charge in [-0.2, -0.15) is 0 Å². The maximum absolute atomic E-state index is 12.9. The fourth-order valence-corrected chi connectivity index (χ4v) is 4.10. The minimum atomic E-state index is -0.215. The van der Waals surface area contributed by atoms with Crippen molar-refractivity contribution in [3.05, 3.63) is 65.0 Å². The normalized spacial score (nSPS) is 15.2. The number of nitrogens with zero attached hydrogens (tertiary/aromatic N) is 3. The molecule has 166 valence electrons. The highest BCUT2D eigenvalue weighted by molar-refractivity contribution is 6.33. The van der Waals surface area contributed by atoms with Crippen molar-refractivity contribution in [3.8, 4) is 11.5 Å². The van der Waals surface area contributed by atoms with E-state index in [2.05, 4.69) is 15.5 Å². The summed E-state index contributed by atoms with van der Waals surface area (Å²) >= 11 is 6.21. The molecule has 2 amide bonds. The molecule has 1 atom stereocenters. The van der Waals surface area contributed by atoms with Gasteiger partial charge in [-0.1, -0.05) is 48.9 Å². The summed E-state index contributed by atoms with van der Waals surface area (Å²) in [6.07, 6.45) is 2.22. The molecular weight excluding hydrogens is 428 g/mol. The SMILES string of the molecule is CCCN(Cc1nnc(-c2ccccc2Cl)o1)C(=O)CCC1Cc2ccccc2NC1=O. The summed E-state index contributed by atoms with van der Waals surface area (Å²) in [4.78, 5) is 27.1. The molecule has 4 rings (SSSR count). The number of benzene rings is 2. The molecule has 1 N–H and O–H groups in total. The molecule has 32 heavy (non-hydrogen) atoms. The highest BCUT2D eigenvalue weighted by atomic mass is 35.5. The minimum Gasteiger partial charge on any atom is -0.419 e. The van der Waals surface area contributed by atoms with E-state index in [-0.39, 0.29) is 30.7 Å². The van der Waals surface area contributed by atoms with Crippen molar-refractivity contribution in [3.63, 3.8) is 0 Å². The van der Waals surface area contributed by atoms with Crippen LogP contribution in [-0.4, -0.2) is 33.5 Å². The van der Waals surface area contributed by atoms with Crippen molar-refractivity contribution in [2.24, 2.45) is 5.92 Å². The zero-order chi connectivity index (χ0) is 22.5.